The summed E-state index contributed by atoms with van der Waals surface area (Å²) >= 11 is 0. The first kappa shape index (κ1) is 13.1. The van der Waals surface area contributed by atoms with Crippen molar-refractivity contribution in [2.75, 3.05) is 0 Å². The minimum absolute atomic E-state index is 0.0900. The van der Waals surface area contributed by atoms with Gasteiger partial charge in [-0.1, -0.05) is 49.2 Å². The first-order chi connectivity index (χ1) is 9.75. The third-order valence-corrected chi connectivity index (χ3v) is 4.08. The van der Waals surface area contributed by atoms with Gasteiger partial charge in [0.05, 0.1) is 12.1 Å². The second-order valence-corrected chi connectivity index (χ2v) is 5.46. The lowest BCUT2D eigenvalue weighted by Crippen LogP contribution is -2.45. The van der Waals surface area contributed by atoms with E-state index in [9.17, 15) is 9.90 Å². The molecule has 0 spiro atoms. The topological polar surface area (TPSA) is 49.3 Å². The van der Waals surface area contributed by atoms with E-state index < -0.39 is 6.10 Å². The zero-order chi connectivity index (χ0) is 13.9. The van der Waals surface area contributed by atoms with E-state index in [0.717, 1.165) is 36.5 Å². The van der Waals surface area contributed by atoms with Crippen molar-refractivity contribution in [1.29, 1.82) is 0 Å². The molecule has 2 unspecified atom stereocenters. The number of benzene rings is 2. The maximum atomic E-state index is 12.5. The second kappa shape index (κ2) is 5.63. The van der Waals surface area contributed by atoms with Crippen LogP contribution in [0.5, 0.6) is 0 Å². The Morgan fingerprint density at radius 2 is 1.80 bits per heavy atom. The van der Waals surface area contributed by atoms with E-state index >= 15 is 0 Å². The van der Waals surface area contributed by atoms with E-state index in [1.54, 1.807) is 0 Å². The molecule has 2 aromatic carbocycles. The normalized spacial score (nSPS) is 22.6. The molecule has 0 saturated heterocycles. The van der Waals surface area contributed by atoms with E-state index in [1.165, 1.54) is 0 Å². The summed E-state index contributed by atoms with van der Waals surface area (Å²) in [6, 6.07) is 13.5. The van der Waals surface area contributed by atoms with Crippen molar-refractivity contribution in [1.82, 2.24) is 5.32 Å². The minimum Gasteiger partial charge on any atom is -0.391 e. The van der Waals surface area contributed by atoms with E-state index in [-0.39, 0.29) is 11.9 Å². The molecule has 3 rings (SSSR count). The van der Waals surface area contributed by atoms with Crippen molar-refractivity contribution >= 4 is 16.7 Å². The minimum atomic E-state index is -0.414. The zero-order valence-electron chi connectivity index (χ0n) is 11.4. The molecule has 1 aliphatic rings. The summed E-state index contributed by atoms with van der Waals surface area (Å²) in [5.74, 6) is -0.0900. The molecule has 1 saturated carbocycles. The lowest BCUT2D eigenvalue weighted by atomic mass is 9.92. The number of aliphatic hydroxyl groups excluding tert-OH is 1. The monoisotopic (exact) mass is 269 g/mol. The van der Waals surface area contributed by atoms with Gasteiger partial charge in [0.2, 0.25) is 0 Å². The number of rotatable bonds is 2. The number of carbonyl (C=O) groups excluding carboxylic acids is 1. The highest BCUT2D eigenvalue weighted by Gasteiger charge is 2.25. The molecule has 1 fully saturated rings. The molecule has 20 heavy (non-hydrogen) atoms. The van der Waals surface area contributed by atoms with Crippen molar-refractivity contribution < 1.29 is 9.90 Å². The van der Waals surface area contributed by atoms with Crippen LogP contribution in [0.1, 0.15) is 36.0 Å². The van der Waals surface area contributed by atoms with E-state index in [0.29, 0.717) is 5.56 Å². The molecule has 104 valence electrons. The Hall–Kier alpha value is -1.87. The number of fused-ring (bicyclic) bond motifs is 1. The van der Waals surface area contributed by atoms with Gasteiger partial charge in [0, 0.05) is 5.56 Å². The Kier molecular flexibility index (Phi) is 3.70. The summed E-state index contributed by atoms with van der Waals surface area (Å²) in [5.41, 5.74) is 0.681. The molecule has 2 atom stereocenters. The van der Waals surface area contributed by atoms with Gasteiger partial charge in [-0.2, -0.15) is 0 Å². The van der Waals surface area contributed by atoms with Crippen molar-refractivity contribution in [3.05, 3.63) is 48.0 Å². The van der Waals surface area contributed by atoms with Crippen LogP contribution in [0.4, 0.5) is 0 Å². The van der Waals surface area contributed by atoms with Gasteiger partial charge >= 0.3 is 0 Å². The molecule has 0 aliphatic heterocycles. The van der Waals surface area contributed by atoms with Gasteiger partial charge in [-0.25, -0.2) is 0 Å². The number of amides is 1. The maximum Gasteiger partial charge on any atom is 0.252 e. The summed E-state index contributed by atoms with van der Waals surface area (Å²) in [4.78, 5) is 12.5. The summed E-state index contributed by atoms with van der Waals surface area (Å²) in [6.07, 6.45) is 3.33. The average Bonchev–Trinajstić information content (AvgIpc) is 2.49. The van der Waals surface area contributed by atoms with Crippen molar-refractivity contribution in [2.24, 2.45) is 0 Å². The van der Waals surface area contributed by atoms with Gasteiger partial charge in [0.15, 0.2) is 0 Å². The molecule has 3 nitrogen and oxygen atoms in total. The Labute approximate surface area is 118 Å². The fourth-order valence-corrected chi connectivity index (χ4v) is 2.95. The van der Waals surface area contributed by atoms with Crippen LogP contribution < -0.4 is 5.32 Å². The largest absolute Gasteiger partial charge is 0.391 e. The van der Waals surface area contributed by atoms with Gasteiger partial charge in [0.1, 0.15) is 0 Å². The highest BCUT2D eigenvalue weighted by atomic mass is 16.3. The molecule has 0 aromatic heterocycles. The van der Waals surface area contributed by atoms with E-state index in [1.807, 2.05) is 42.5 Å². The van der Waals surface area contributed by atoms with Gasteiger partial charge in [-0.3, -0.25) is 4.79 Å². The van der Waals surface area contributed by atoms with Crippen molar-refractivity contribution in [2.45, 2.75) is 37.8 Å². The fraction of sp³-hybridized carbons (Fsp3) is 0.353. The van der Waals surface area contributed by atoms with Gasteiger partial charge in [-0.05, 0) is 29.7 Å². The number of carbonyl (C=O) groups is 1. The maximum absolute atomic E-state index is 12.5. The summed E-state index contributed by atoms with van der Waals surface area (Å²) in [6.45, 7) is 0. The lowest BCUT2D eigenvalue weighted by molar-refractivity contribution is 0.0718. The highest BCUT2D eigenvalue weighted by molar-refractivity contribution is 6.07. The molecule has 0 heterocycles. The number of hydrogen-bond acceptors (Lipinski definition) is 2. The standard InChI is InChI=1S/C17H19NO2/c19-16-11-4-3-10-15(16)18-17(20)14-9-5-7-12-6-1-2-8-13(12)14/h1-2,5-9,15-16,19H,3-4,10-11H2,(H,18,20). The van der Waals surface area contributed by atoms with Crippen LogP contribution in [0.3, 0.4) is 0 Å². The van der Waals surface area contributed by atoms with E-state index in [2.05, 4.69) is 5.32 Å². The molecule has 3 heteroatoms. The third-order valence-electron chi connectivity index (χ3n) is 4.08. The molecule has 2 aromatic rings. The van der Waals surface area contributed by atoms with Crippen LogP contribution in [0, 0.1) is 0 Å². The predicted molar refractivity (Wildman–Crippen MR) is 79.7 cm³/mol. The smallest absolute Gasteiger partial charge is 0.252 e. The predicted octanol–water partition coefficient (Wildman–Crippen LogP) is 2.87. The summed E-state index contributed by atoms with van der Waals surface area (Å²) < 4.78 is 0. The average molecular weight is 269 g/mol. The molecule has 0 radical (unpaired) electrons. The van der Waals surface area contributed by atoms with Crippen LogP contribution in [0.2, 0.25) is 0 Å². The second-order valence-electron chi connectivity index (χ2n) is 5.46. The van der Waals surface area contributed by atoms with Gasteiger partial charge in [0.25, 0.3) is 5.91 Å². The number of aliphatic hydroxyl groups is 1. The van der Waals surface area contributed by atoms with Crippen molar-refractivity contribution in [3.8, 4) is 0 Å². The fourth-order valence-electron chi connectivity index (χ4n) is 2.95. The Balaban J connectivity index is 1.85. The zero-order valence-corrected chi connectivity index (χ0v) is 11.4. The lowest BCUT2D eigenvalue weighted by Gasteiger charge is -2.28. The van der Waals surface area contributed by atoms with Crippen molar-refractivity contribution in [3.63, 3.8) is 0 Å². The van der Waals surface area contributed by atoms with Gasteiger partial charge < -0.3 is 10.4 Å². The first-order valence-corrected chi connectivity index (χ1v) is 7.22. The van der Waals surface area contributed by atoms with Crippen LogP contribution in [-0.4, -0.2) is 23.2 Å². The van der Waals surface area contributed by atoms with Crippen LogP contribution in [0.25, 0.3) is 10.8 Å². The number of hydrogen-bond donors (Lipinski definition) is 2. The third kappa shape index (κ3) is 2.54. The molecule has 1 aliphatic carbocycles. The Morgan fingerprint density at radius 1 is 1.05 bits per heavy atom. The first-order valence-electron chi connectivity index (χ1n) is 7.22. The molecular weight excluding hydrogens is 250 g/mol. The Bertz CT molecular complexity index is 618. The molecule has 1 amide bonds. The van der Waals surface area contributed by atoms with E-state index in [4.69, 9.17) is 0 Å². The van der Waals surface area contributed by atoms with Crippen LogP contribution >= 0.6 is 0 Å². The highest BCUT2D eigenvalue weighted by Crippen LogP contribution is 2.21. The molecule has 2 N–H and O–H groups in total. The van der Waals surface area contributed by atoms with Crippen LogP contribution in [-0.2, 0) is 0 Å². The number of nitrogens with one attached hydrogen (secondary N) is 1. The summed E-state index contributed by atoms with van der Waals surface area (Å²) in [5, 5.41) is 15.0. The van der Waals surface area contributed by atoms with Gasteiger partial charge in [-0.15, -0.1) is 0 Å². The quantitative estimate of drug-likeness (QED) is 0.880. The molecular formula is C17H19NO2. The van der Waals surface area contributed by atoms with Crippen LogP contribution in [0.15, 0.2) is 42.5 Å². The molecule has 0 bridgehead atoms. The summed E-state index contributed by atoms with van der Waals surface area (Å²) in [7, 11) is 0. The SMILES string of the molecule is O=C(NC1CCCCC1O)c1cccc2ccccc12. The Morgan fingerprint density at radius 3 is 2.65 bits per heavy atom.